The molecule has 1 aliphatic heterocycles. The number of benzene rings is 2. The van der Waals surface area contributed by atoms with Crippen molar-refractivity contribution in [3.63, 3.8) is 0 Å². The zero-order valence-electron chi connectivity index (χ0n) is 17.5. The van der Waals surface area contributed by atoms with E-state index < -0.39 is 23.9 Å². The molecule has 1 amide bonds. The normalized spacial score (nSPS) is 18.3. The molecule has 1 heterocycles. The van der Waals surface area contributed by atoms with E-state index >= 15 is 0 Å². The van der Waals surface area contributed by atoms with Crippen LogP contribution in [-0.4, -0.2) is 30.4 Å². The topological polar surface area (TPSA) is 67.9 Å². The minimum absolute atomic E-state index is 0.0188. The summed E-state index contributed by atoms with van der Waals surface area (Å²) in [4.78, 5) is 19.0. The van der Waals surface area contributed by atoms with Crippen LogP contribution in [-0.2, 0) is 10.3 Å². The van der Waals surface area contributed by atoms with Crippen molar-refractivity contribution in [2.24, 2.45) is 16.6 Å². The molecule has 0 fully saturated rings. The number of nitrogens with zero attached hydrogens (tertiary/aromatic N) is 2. The van der Waals surface area contributed by atoms with Crippen LogP contribution in [0.15, 0.2) is 41.4 Å². The summed E-state index contributed by atoms with van der Waals surface area (Å²) in [5, 5.41) is 0. The molecule has 3 rings (SSSR count). The third-order valence-corrected chi connectivity index (χ3v) is 4.93. The van der Waals surface area contributed by atoms with Gasteiger partial charge in [0, 0.05) is 13.0 Å². The summed E-state index contributed by atoms with van der Waals surface area (Å²) in [5.41, 5.74) is 5.60. The maximum absolute atomic E-state index is 14.4. The molecule has 0 radical (unpaired) electrons. The first-order valence-electron chi connectivity index (χ1n) is 9.57. The van der Waals surface area contributed by atoms with Crippen LogP contribution in [0.2, 0.25) is 0 Å². The van der Waals surface area contributed by atoms with E-state index in [-0.39, 0.29) is 23.2 Å². The second-order valence-corrected chi connectivity index (χ2v) is 7.52. The van der Waals surface area contributed by atoms with E-state index in [2.05, 4.69) is 21.6 Å². The second-order valence-electron chi connectivity index (χ2n) is 7.52. The predicted octanol–water partition coefficient (Wildman–Crippen LogP) is 3.77. The number of rotatable bonds is 4. The molecule has 1 unspecified atom stereocenters. The van der Waals surface area contributed by atoms with Crippen molar-refractivity contribution in [3.05, 3.63) is 64.5 Å². The van der Waals surface area contributed by atoms with Gasteiger partial charge in [0.1, 0.15) is 11.6 Å². The molecule has 1 atom stereocenters. The lowest BCUT2D eigenvalue weighted by Gasteiger charge is -2.27. The van der Waals surface area contributed by atoms with Gasteiger partial charge in [-0.15, -0.1) is 0 Å². The van der Waals surface area contributed by atoms with Crippen molar-refractivity contribution in [1.29, 1.82) is 0 Å². The Morgan fingerprint density at radius 3 is 2.35 bits per heavy atom. The lowest BCUT2D eigenvalue weighted by Crippen LogP contribution is -2.41. The maximum Gasteiger partial charge on any atom is 0.387 e. The van der Waals surface area contributed by atoms with E-state index in [1.54, 1.807) is 6.92 Å². The number of amides is 1. The molecular weight excluding hydrogens is 407 g/mol. The third kappa shape index (κ3) is 4.08. The smallest absolute Gasteiger partial charge is 0.387 e. The van der Waals surface area contributed by atoms with Crippen LogP contribution in [0.1, 0.15) is 36.1 Å². The first kappa shape index (κ1) is 22.2. The van der Waals surface area contributed by atoms with Crippen LogP contribution in [0.3, 0.4) is 0 Å². The third-order valence-electron chi connectivity index (χ3n) is 4.93. The lowest BCUT2D eigenvalue weighted by molar-refractivity contribution is -0.129. The van der Waals surface area contributed by atoms with Crippen molar-refractivity contribution >= 4 is 11.9 Å². The quantitative estimate of drug-likeness (QED) is 0.753. The number of hydrogen-bond donors (Lipinski definition) is 1. The van der Waals surface area contributed by atoms with Crippen LogP contribution < -0.4 is 10.5 Å². The molecule has 31 heavy (non-hydrogen) atoms. The van der Waals surface area contributed by atoms with Gasteiger partial charge in [0.2, 0.25) is 0 Å². The Balaban J connectivity index is 2.23. The highest BCUT2D eigenvalue weighted by Gasteiger charge is 2.49. The van der Waals surface area contributed by atoms with Crippen LogP contribution in [0.5, 0.6) is 5.75 Å². The number of nitrogens with two attached hydrogens (primary N) is 1. The maximum atomic E-state index is 14.4. The fourth-order valence-corrected chi connectivity index (χ4v) is 3.35. The zero-order chi connectivity index (χ0) is 22.9. The highest BCUT2D eigenvalue weighted by atomic mass is 19.3. The number of guanidine groups is 1. The molecule has 0 bridgehead atoms. The fourth-order valence-electron chi connectivity index (χ4n) is 3.35. The number of aliphatic imine (C=N–C) groups is 1. The van der Waals surface area contributed by atoms with Gasteiger partial charge in [0.15, 0.2) is 11.5 Å². The van der Waals surface area contributed by atoms with E-state index in [1.807, 2.05) is 13.8 Å². The van der Waals surface area contributed by atoms with Crippen molar-refractivity contribution in [2.45, 2.75) is 32.9 Å². The number of hydrogen-bond acceptors (Lipinski definition) is 4. The average molecular weight is 429 g/mol. The molecule has 162 valence electrons. The van der Waals surface area contributed by atoms with E-state index in [0.29, 0.717) is 16.7 Å². The standard InChI is InChI=1S/C23H22F3N3O2/c1-13(2)5-6-15-12-17(7-9-18(15)24)23(20(30)29(4)22(27)28-23)16-8-10-19(14(3)11-16)31-21(25)26/h7-13,21H,1-4H3,(H2,27,28). The zero-order valence-corrected chi connectivity index (χ0v) is 17.5. The van der Waals surface area contributed by atoms with Gasteiger partial charge < -0.3 is 10.5 Å². The highest BCUT2D eigenvalue weighted by molar-refractivity contribution is 6.09. The van der Waals surface area contributed by atoms with Gasteiger partial charge in [0.05, 0.1) is 5.56 Å². The van der Waals surface area contributed by atoms with E-state index in [4.69, 9.17) is 5.73 Å². The molecule has 5 nitrogen and oxygen atoms in total. The number of carbonyl (C=O) groups is 1. The van der Waals surface area contributed by atoms with Crippen LogP contribution in [0.4, 0.5) is 13.2 Å². The summed E-state index contributed by atoms with van der Waals surface area (Å²) in [6.07, 6.45) is 0. The van der Waals surface area contributed by atoms with Crippen molar-refractivity contribution in [2.75, 3.05) is 7.05 Å². The average Bonchev–Trinajstić information content (AvgIpc) is 2.93. The summed E-state index contributed by atoms with van der Waals surface area (Å²) >= 11 is 0. The summed E-state index contributed by atoms with van der Waals surface area (Å²) in [6.45, 7) is 2.35. The summed E-state index contributed by atoms with van der Waals surface area (Å²) in [5.74, 6) is 4.69. The van der Waals surface area contributed by atoms with E-state index in [1.165, 1.54) is 48.3 Å². The Bertz CT molecular complexity index is 1120. The molecule has 0 spiro atoms. The first-order valence-corrected chi connectivity index (χ1v) is 9.57. The first-order chi connectivity index (χ1) is 14.6. The number of halogens is 3. The molecule has 0 aromatic heterocycles. The van der Waals surface area contributed by atoms with Crippen molar-refractivity contribution in [3.8, 4) is 17.6 Å². The molecule has 2 aromatic rings. The van der Waals surface area contributed by atoms with Gasteiger partial charge in [-0.3, -0.25) is 9.69 Å². The fraction of sp³-hybridized carbons (Fsp3) is 0.304. The molecule has 2 N–H and O–H groups in total. The summed E-state index contributed by atoms with van der Waals surface area (Å²) < 4.78 is 44.2. The van der Waals surface area contributed by atoms with Crippen LogP contribution >= 0.6 is 0 Å². The Labute approximate surface area is 178 Å². The summed E-state index contributed by atoms with van der Waals surface area (Å²) in [6, 6.07) is 8.49. The molecule has 8 heteroatoms. The molecule has 0 saturated heterocycles. The lowest BCUT2D eigenvalue weighted by atomic mass is 9.81. The van der Waals surface area contributed by atoms with E-state index in [0.717, 1.165) is 0 Å². The predicted molar refractivity (Wildman–Crippen MR) is 111 cm³/mol. The van der Waals surface area contributed by atoms with Gasteiger partial charge in [0.25, 0.3) is 5.91 Å². The molecule has 0 saturated carbocycles. The molecule has 1 aliphatic rings. The number of likely N-dealkylation sites (N-methyl/N-ethyl adjacent to an activating group) is 1. The Morgan fingerprint density at radius 1 is 1.16 bits per heavy atom. The van der Waals surface area contributed by atoms with Crippen LogP contribution in [0.25, 0.3) is 0 Å². The Kier molecular flexibility index (Phi) is 5.98. The molecule has 0 aliphatic carbocycles. The molecule has 2 aromatic carbocycles. The minimum atomic E-state index is -2.98. The number of aryl methyl sites for hydroxylation is 1. The number of alkyl halides is 2. The summed E-state index contributed by atoms with van der Waals surface area (Å²) in [7, 11) is 1.48. The Morgan fingerprint density at radius 2 is 1.81 bits per heavy atom. The monoisotopic (exact) mass is 429 g/mol. The van der Waals surface area contributed by atoms with Crippen molar-refractivity contribution < 1.29 is 22.7 Å². The van der Waals surface area contributed by atoms with Gasteiger partial charge >= 0.3 is 6.61 Å². The van der Waals surface area contributed by atoms with Gasteiger partial charge in [-0.2, -0.15) is 8.78 Å². The SMILES string of the molecule is Cc1cc(C2(c3ccc(F)c(C#CC(C)C)c3)N=C(N)N(C)C2=O)ccc1OC(F)F. The number of carbonyl (C=O) groups excluding carboxylic acids is 1. The largest absolute Gasteiger partial charge is 0.435 e. The minimum Gasteiger partial charge on any atom is -0.435 e. The molecular formula is C23H22F3N3O2. The van der Waals surface area contributed by atoms with E-state index in [9.17, 15) is 18.0 Å². The van der Waals surface area contributed by atoms with Gasteiger partial charge in [-0.05, 0) is 47.9 Å². The van der Waals surface area contributed by atoms with Gasteiger partial charge in [-0.25, -0.2) is 9.38 Å². The second kappa shape index (κ2) is 8.34. The Hall–Kier alpha value is -3.47. The van der Waals surface area contributed by atoms with Gasteiger partial charge in [-0.1, -0.05) is 37.8 Å². The number of ether oxygens (including phenoxy) is 1. The highest BCUT2D eigenvalue weighted by Crippen LogP contribution is 2.41. The van der Waals surface area contributed by atoms with Crippen LogP contribution in [0, 0.1) is 30.5 Å². The van der Waals surface area contributed by atoms with Crippen molar-refractivity contribution in [1.82, 2.24) is 4.90 Å².